The number of pyridine rings is 1. The number of hydrogen-bond acceptors (Lipinski definition) is 5. The Morgan fingerprint density at radius 2 is 1.88 bits per heavy atom. The van der Waals surface area contributed by atoms with E-state index in [1.807, 2.05) is 35.8 Å². The van der Waals surface area contributed by atoms with Crippen molar-refractivity contribution in [2.45, 2.75) is 0 Å². The Bertz CT molecular complexity index is 1640. The lowest BCUT2D eigenvalue weighted by atomic mass is 10.1. The molecular formula is C23H20FN5O3S. The highest BCUT2D eigenvalue weighted by atomic mass is 32.2. The Hall–Kier alpha value is -3.92. The number of fused-ring (bicyclic) bond motifs is 2. The van der Waals surface area contributed by atoms with Crippen LogP contribution in [0.25, 0.3) is 38.9 Å². The quantitative estimate of drug-likeness (QED) is 0.423. The maximum Gasteiger partial charge on any atom is 0.229 e. The van der Waals surface area contributed by atoms with Crippen molar-refractivity contribution in [2.75, 3.05) is 18.1 Å². The van der Waals surface area contributed by atoms with E-state index in [0.717, 1.165) is 28.4 Å². The summed E-state index contributed by atoms with van der Waals surface area (Å²) < 4.78 is 49.4. The van der Waals surface area contributed by atoms with Crippen LogP contribution in [0.2, 0.25) is 0 Å². The number of rotatable bonds is 5. The van der Waals surface area contributed by atoms with Gasteiger partial charge in [-0.05, 0) is 30.3 Å². The van der Waals surface area contributed by atoms with Crippen molar-refractivity contribution in [3.63, 3.8) is 0 Å². The van der Waals surface area contributed by atoms with Gasteiger partial charge in [-0.3, -0.25) is 13.8 Å². The monoisotopic (exact) mass is 465 g/mol. The molecule has 10 heteroatoms. The van der Waals surface area contributed by atoms with Crippen molar-refractivity contribution < 1.29 is 17.5 Å². The average Bonchev–Trinajstić information content (AvgIpc) is 3.36. The van der Waals surface area contributed by atoms with Gasteiger partial charge < -0.3 is 4.74 Å². The van der Waals surface area contributed by atoms with Crippen molar-refractivity contribution in [3.8, 4) is 28.1 Å². The smallest absolute Gasteiger partial charge is 0.229 e. The summed E-state index contributed by atoms with van der Waals surface area (Å²) in [6, 6.07) is 11.8. The maximum absolute atomic E-state index is 13.8. The second kappa shape index (κ2) is 7.59. The van der Waals surface area contributed by atoms with Crippen LogP contribution in [0.4, 0.5) is 10.1 Å². The third-order valence-electron chi connectivity index (χ3n) is 5.42. The standard InChI is InChI=1S/C23H20FN5O3S/c1-28-20-7-4-14(8-15(20)11-26-28)21-12-25-23-19(27-33(3,30)31)9-16(13-29(21)23)18-6-5-17(24)10-22(18)32-2/h4-13,27H,1-3H3. The van der Waals surface area contributed by atoms with Gasteiger partial charge in [0, 0.05) is 41.4 Å². The van der Waals surface area contributed by atoms with E-state index in [1.165, 1.54) is 19.2 Å². The van der Waals surface area contributed by atoms with E-state index < -0.39 is 15.8 Å². The Kier molecular flexibility index (Phi) is 4.82. The minimum Gasteiger partial charge on any atom is -0.496 e. The first-order valence-electron chi connectivity index (χ1n) is 9.98. The predicted molar refractivity (Wildman–Crippen MR) is 125 cm³/mol. The number of anilines is 1. The van der Waals surface area contributed by atoms with Crippen molar-refractivity contribution in [1.29, 1.82) is 0 Å². The van der Waals surface area contributed by atoms with Crippen LogP contribution in [0.1, 0.15) is 0 Å². The van der Waals surface area contributed by atoms with Gasteiger partial charge in [0.25, 0.3) is 0 Å². The zero-order chi connectivity index (χ0) is 23.3. The summed E-state index contributed by atoms with van der Waals surface area (Å²) in [6.45, 7) is 0. The normalized spacial score (nSPS) is 11.9. The van der Waals surface area contributed by atoms with Crippen LogP contribution in [0.5, 0.6) is 5.75 Å². The number of nitrogens with one attached hydrogen (secondary N) is 1. The molecule has 0 aliphatic carbocycles. The molecule has 0 unspecified atom stereocenters. The Labute approximate surface area is 189 Å². The molecule has 0 fully saturated rings. The molecule has 33 heavy (non-hydrogen) atoms. The first kappa shape index (κ1) is 21.0. The lowest BCUT2D eigenvalue weighted by molar-refractivity contribution is 0.413. The molecule has 0 radical (unpaired) electrons. The highest BCUT2D eigenvalue weighted by molar-refractivity contribution is 7.92. The van der Waals surface area contributed by atoms with Gasteiger partial charge in [-0.25, -0.2) is 17.8 Å². The first-order chi connectivity index (χ1) is 15.7. The molecule has 3 aromatic heterocycles. The summed E-state index contributed by atoms with van der Waals surface area (Å²) in [6.07, 6.45) is 6.38. The fourth-order valence-corrected chi connectivity index (χ4v) is 4.50. The summed E-state index contributed by atoms with van der Waals surface area (Å²) in [5.41, 5.74) is 4.61. The number of benzene rings is 2. The fraction of sp³-hybridized carbons (Fsp3) is 0.130. The molecule has 0 aliphatic heterocycles. The van der Waals surface area contributed by atoms with E-state index in [1.54, 1.807) is 29.2 Å². The first-order valence-corrected chi connectivity index (χ1v) is 11.9. The van der Waals surface area contributed by atoms with Crippen molar-refractivity contribution >= 4 is 32.3 Å². The SMILES string of the molecule is COc1cc(F)ccc1-c1cc(NS(C)(=O)=O)c2ncc(-c3ccc4c(cnn4C)c3)n2c1. The van der Waals surface area contributed by atoms with E-state index in [9.17, 15) is 12.8 Å². The van der Waals surface area contributed by atoms with Crippen LogP contribution < -0.4 is 9.46 Å². The number of halogens is 1. The summed E-state index contributed by atoms with van der Waals surface area (Å²) in [7, 11) is -0.244. The minimum atomic E-state index is -3.58. The number of sulfonamides is 1. The highest BCUT2D eigenvalue weighted by Gasteiger charge is 2.17. The molecule has 0 saturated heterocycles. The molecule has 8 nitrogen and oxygen atoms in total. The molecule has 0 spiro atoms. The van der Waals surface area contributed by atoms with Gasteiger partial charge in [-0.1, -0.05) is 6.07 Å². The largest absolute Gasteiger partial charge is 0.496 e. The third-order valence-corrected chi connectivity index (χ3v) is 6.01. The fourth-order valence-electron chi connectivity index (χ4n) is 3.95. The molecule has 5 aromatic rings. The van der Waals surface area contributed by atoms with Crippen LogP contribution in [0.3, 0.4) is 0 Å². The summed E-state index contributed by atoms with van der Waals surface area (Å²) in [5, 5.41) is 5.26. The lowest BCUT2D eigenvalue weighted by Gasteiger charge is -2.13. The minimum absolute atomic E-state index is 0.301. The number of imidazole rings is 1. The van der Waals surface area contributed by atoms with Gasteiger partial charge in [0.1, 0.15) is 11.6 Å². The Morgan fingerprint density at radius 3 is 2.64 bits per heavy atom. The van der Waals surface area contributed by atoms with Crippen molar-refractivity contribution in [2.24, 2.45) is 7.05 Å². The molecule has 5 rings (SSSR count). The van der Waals surface area contributed by atoms with Gasteiger partial charge >= 0.3 is 0 Å². The predicted octanol–water partition coefficient (Wildman–Crippen LogP) is 4.07. The Balaban J connectivity index is 1.77. The zero-order valence-electron chi connectivity index (χ0n) is 18.1. The van der Waals surface area contributed by atoms with E-state index in [0.29, 0.717) is 28.2 Å². The summed E-state index contributed by atoms with van der Waals surface area (Å²) in [5.74, 6) is -0.0997. The molecule has 2 aromatic carbocycles. The van der Waals surface area contributed by atoms with Crippen LogP contribution in [0, 0.1) is 5.82 Å². The number of nitrogens with zero attached hydrogens (tertiary/aromatic N) is 4. The van der Waals surface area contributed by atoms with E-state index in [2.05, 4.69) is 14.8 Å². The van der Waals surface area contributed by atoms with E-state index in [-0.39, 0.29) is 0 Å². The molecular weight excluding hydrogens is 445 g/mol. The number of aryl methyl sites for hydroxylation is 1. The number of ether oxygens (including phenoxy) is 1. The summed E-state index contributed by atoms with van der Waals surface area (Å²) >= 11 is 0. The van der Waals surface area contributed by atoms with Gasteiger partial charge in [-0.2, -0.15) is 5.10 Å². The van der Waals surface area contributed by atoms with E-state index >= 15 is 0 Å². The molecule has 0 atom stereocenters. The molecule has 1 N–H and O–H groups in total. The number of methoxy groups -OCH3 is 1. The molecule has 3 heterocycles. The maximum atomic E-state index is 13.8. The average molecular weight is 466 g/mol. The molecule has 0 amide bonds. The van der Waals surface area contributed by atoms with Crippen LogP contribution in [0.15, 0.2) is 61.1 Å². The molecule has 0 bridgehead atoms. The molecule has 168 valence electrons. The van der Waals surface area contributed by atoms with Gasteiger partial charge in [0.2, 0.25) is 10.0 Å². The second-order valence-corrected chi connectivity index (χ2v) is 9.49. The highest BCUT2D eigenvalue weighted by Crippen LogP contribution is 2.35. The molecule has 0 saturated carbocycles. The second-order valence-electron chi connectivity index (χ2n) is 7.74. The number of hydrogen-bond donors (Lipinski definition) is 1. The zero-order valence-corrected chi connectivity index (χ0v) is 18.9. The third kappa shape index (κ3) is 3.78. The van der Waals surface area contributed by atoms with Crippen molar-refractivity contribution in [3.05, 3.63) is 66.9 Å². The van der Waals surface area contributed by atoms with Gasteiger partial charge in [-0.15, -0.1) is 0 Å². The summed E-state index contributed by atoms with van der Waals surface area (Å²) in [4.78, 5) is 4.48. The van der Waals surface area contributed by atoms with Crippen LogP contribution >= 0.6 is 0 Å². The van der Waals surface area contributed by atoms with Crippen LogP contribution in [-0.2, 0) is 17.1 Å². The topological polar surface area (TPSA) is 90.5 Å². The van der Waals surface area contributed by atoms with Gasteiger partial charge in [0.15, 0.2) is 5.65 Å². The van der Waals surface area contributed by atoms with Crippen molar-refractivity contribution in [1.82, 2.24) is 19.2 Å². The Morgan fingerprint density at radius 1 is 1.06 bits per heavy atom. The lowest BCUT2D eigenvalue weighted by Crippen LogP contribution is -2.11. The van der Waals surface area contributed by atoms with Gasteiger partial charge in [0.05, 0.1) is 42.7 Å². The van der Waals surface area contributed by atoms with E-state index in [4.69, 9.17) is 4.74 Å². The van der Waals surface area contributed by atoms with Crippen LogP contribution in [-0.4, -0.2) is 40.9 Å². The molecule has 0 aliphatic rings. The number of aromatic nitrogens is 4.